The van der Waals surface area contributed by atoms with Crippen LogP contribution in [0, 0.1) is 5.92 Å². The van der Waals surface area contributed by atoms with Crippen molar-refractivity contribution >= 4 is 11.0 Å². The van der Waals surface area contributed by atoms with Crippen LogP contribution in [0.15, 0.2) is 43.1 Å². The molecule has 1 aliphatic rings. The first kappa shape index (κ1) is 18.0. The molecule has 5 rings (SSSR count). The van der Waals surface area contributed by atoms with Gasteiger partial charge in [-0.15, -0.1) is 0 Å². The van der Waals surface area contributed by atoms with E-state index in [1.54, 1.807) is 18.6 Å². The molecule has 7 heteroatoms. The Morgan fingerprint density at radius 2 is 1.86 bits per heavy atom. The second-order valence-corrected chi connectivity index (χ2v) is 7.74. The van der Waals surface area contributed by atoms with Gasteiger partial charge in [0.2, 0.25) is 0 Å². The van der Waals surface area contributed by atoms with Crippen molar-refractivity contribution < 1.29 is 0 Å². The van der Waals surface area contributed by atoms with Gasteiger partial charge in [0.1, 0.15) is 5.82 Å². The monoisotopic (exact) mass is 387 g/mol. The van der Waals surface area contributed by atoms with E-state index in [1.165, 1.54) is 25.7 Å². The lowest BCUT2D eigenvalue weighted by Crippen LogP contribution is -2.09. The highest BCUT2D eigenvalue weighted by Crippen LogP contribution is 2.28. The number of aryl methyl sites for hydroxylation is 1. The largest absolute Gasteiger partial charge is 0.325 e. The Kier molecular flexibility index (Phi) is 4.79. The van der Waals surface area contributed by atoms with Gasteiger partial charge in [0.05, 0.1) is 23.8 Å². The van der Waals surface area contributed by atoms with Crippen LogP contribution in [-0.4, -0.2) is 34.1 Å². The maximum atomic E-state index is 4.96. The van der Waals surface area contributed by atoms with Gasteiger partial charge in [-0.1, -0.05) is 25.7 Å². The van der Waals surface area contributed by atoms with Gasteiger partial charge in [0.25, 0.3) is 0 Å². The van der Waals surface area contributed by atoms with Crippen LogP contribution in [0.1, 0.15) is 44.1 Å². The molecule has 1 saturated carbocycles. The summed E-state index contributed by atoms with van der Waals surface area (Å²) in [7, 11) is 0. The third kappa shape index (κ3) is 3.52. The fraction of sp³-hybridized carbons (Fsp3) is 0.409. The van der Waals surface area contributed by atoms with Crippen LogP contribution < -0.4 is 0 Å². The summed E-state index contributed by atoms with van der Waals surface area (Å²) in [5, 5.41) is 0. The molecule has 0 bridgehead atoms. The first-order valence-corrected chi connectivity index (χ1v) is 10.4. The Bertz CT molecular complexity index is 1110. The van der Waals surface area contributed by atoms with E-state index >= 15 is 0 Å². The summed E-state index contributed by atoms with van der Waals surface area (Å²) < 4.78 is 4.28. The summed E-state index contributed by atoms with van der Waals surface area (Å²) in [6, 6.07) is 3.99. The van der Waals surface area contributed by atoms with Crippen LogP contribution in [0.5, 0.6) is 0 Å². The number of fused-ring (bicyclic) bond motifs is 1. The summed E-state index contributed by atoms with van der Waals surface area (Å²) >= 11 is 0. The molecular weight excluding hydrogens is 362 g/mol. The van der Waals surface area contributed by atoms with Gasteiger partial charge in [-0.3, -0.25) is 4.98 Å². The standard InChI is InChI=1S/C22H25N7/c1-2-29-19-14-26-17(12-16-6-3-4-7-16)13-18(19)27-20(29)15-28-11-10-25-22(28)21-23-8-5-9-24-21/h5,8-11,13-14,16H,2-4,6-7,12,15H2,1H3. The minimum absolute atomic E-state index is 0.619. The lowest BCUT2D eigenvalue weighted by molar-refractivity contribution is 0.539. The van der Waals surface area contributed by atoms with Crippen LogP contribution in [0.25, 0.3) is 22.7 Å². The maximum Gasteiger partial charge on any atom is 0.195 e. The number of hydrogen-bond donors (Lipinski definition) is 0. The topological polar surface area (TPSA) is 74.3 Å². The second-order valence-electron chi connectivity index (χ2n) is 7.74. The van der Waals surface area contributed by atoms with Crippen molar-refractivity contribution in [2.45, 2.75) is 52.1 Å². The molecule has 0 spiro atoms. The number of rotatable bonds is 6. The van der Waals surface area contributed by atoms with Crippen molar-refractivity contribution in [3.05, 3.63) is 54.6 Å². The zero-order chi connectivity index (χ0) is 19.6. The zero-order valence-electron chi connectivity index (χ0n) is 16.7. The van der Waals surface area contributed by atoms with Crippen LogP contribution in [0.3, 0.4) is 0 Å². The molecule has 0 aliphatic heterocycles. The quantitative estimate of drug-likeness (QED) is 0.502. The van der Waals surface area contributed by atoms with Gasteiger partial charge < -0.3 is 9.13 Å². The fourth-order valence-corrected chi connectivity index (χ4v) is 4.42. The van der Waals surface area contributed by atoms with E-state index in [-0.39, 0.29) is 0 Å². The average Bonchev–Trinajstić information content (AvgIpc) is 3.48. The lowest BCUT2D eigenvalue weighted by atomic mass is 10.0. The summed E-state index contributed by atoms with van der Waals surface area (Å²) in [4.78, 5) is 22.8. The van der Waals surface area contributed by atoms with E-state index in [0.29, 0.717) is 12.4 Å². The summed E-state index contributed by atoms with van der Waals surface area (Å²) in [5.41, 5.74) is 3.29. The summed E-state index contributed by atoms with van der Waals surface area (Å²) in [5.74, 6) is 3.15. The molecule has 0 N–H and O–H groups in total. The number of pyridine rings is 1. The first-order valence-electron chi connectivity index (χ1n) is 10.4. The molecule has 0 saturated heterocycles. The van der Waals surface area contributed by atoms with Gasteiger partial charge in [-0.25, -0.2) is 19.9 Å². The molecule has 148 valence electrons. The molecule has 1 fully saturated rings. The lowest BCUT2D eigenvalue weighted by Gasteiger charge is -2.09. The van der Waals surface area contributed by atoms with E-state index in [2.05, 4.69) is 37.1 Å². The van der Waals surface area contributed by atoms with E-state index in [1.807, 2.05) is 18.5 Å². The third-order valence-corrected chi connectivity index (χ3v) is 5.85. The molecule has 0 unspecified atom stereocenters. The second kappa shape index (κ2) is 7.73. The highest BCUT2D eigenvalue weighted by atomic mass is 15.2. The first-order chi connectivity index (χ1) is 14.3. The predicted octanol–water partition coefficient (Wildman–Crippen LogP) is 3.89. The zero-order valence-corrected chi connectivity index (χ0v) is 16.7. The molecule has 0 amide bonds. The van der Waals surface area contributed by atoms with Crippen molar-refractivity contribution in [3.63, 3.8) is 0 Å². The number of hydrogen-bond acceptors (Lipinski definition) is 5. The van der Waals surface area contributed by atoms with Crippen LogP contribution in [0.2, 0.25) is 0 Å². The highest BCUT2D eigenvalue weighted by Gasteiger charge is 2.18. The van der Waals surface area contributed by atoms with Crippen LogP contribution >= 0.6 is 0 Å². The van der Waals surface area contributed by atoms with Crippen LogP contribution in [0.4, 0.5) is 0 Å². The van der Waals surface area contributed by atoms with Crippen molar-refractivity contribution in [2.24, 2.45) is 5.92 Å². The Morgan fingerprint density at radius 1 is 1.03 bits per heavy atom. The molecule has 4 aromatic rings. The highest BCUT2D eigenvalue weighted by molar-refractivity contribution is 5.75. The normalized spacial score (nSPS) is 14.8. The SMILES string of the molecule is CCn1c(Cn2ccnc2-c2ncccn2)nc2cc(CC3CCCC3)ncc21. The Morgan fingerprint density at radius 3 is 2.66 bits per heavy atom. The van der Waals surface area contributed by atoms with E-state index in [4.69, 9.17) is 9.97 Å². The van der Waals surface area contributed by atoms with Gasteiger partial charge >= 0.3 is 0 Å². The number of nitrogens with zero attached hydrogens (tertiary/aromatic N) is 7. The van der Waals surface area contributed by atoms with Crippen molar-refractivity contribution in [1.29, 1.82) is 0 Å². The van der Waals surface area contributed by atoms with Crippen LogP contribution in [-0.2, 0) is 19.5 Å². The molecule has 0 radical (unpaired) electrons. The number of aromatic nitrogens is 7. The number of imidazole rings is 2. The molecule has 1 aliphatic carbocycles. The van der Waals surface area contributed by atoms with E-state index in [9.17, 15) is 0 Å². The van der Waals surface area contributed by atoms with Gasteiger partial charge in [0.15, 0.2) is 11.6 Å². The molecule has 4 heterocycles. The minimum Gasteiger partial charge on any atom is -0.325 e. The van der Waals surface area contributed by atoms with E-state index in [0.717, 1.165) is 47.3 Å². The molecule has 29 heavy (non-hydrogen) atoms. The average molecular weight is 387 g/mol. The van der Waals surface area contributed by atoms with Gasteiger partial charge in [0, 0.05) is 37.0 Å². The molecule has 7 nitrogen and oxygen atoms in total. The summed E-state index contributed by atoms with van der Waals surface area (Å²) in [6.07, 6.45) is 15.7. The molecule has 0 aromatic carbocycles. The smallest absolute Gasteiger partial charge is 0.195 e. The molecule has 0 atom stereocenters. The summed E-state index contributed by atoms with van der Waals surface area (Å²) in [6.45, 7) is 3.61. The Labute approximate surface area is 169 Å². The van der Waals surface area contributed by atoms with Gasteiger partial charge in [-0.2, -0.15) is 0 Å². The Balaban J connectivity index is 1.46. The van der Waals surface area contributed by atoms with Gasteiger partial charge in [-0.05, 0) is 31.4 Å². The molecule has 4 aromatic heterocycles. The molecular formula is C22H25N7. The third-order valence-electron chi connectivity index (χ3n) is 5.85. The minimum atomic E-state index is 0.619. The van der Waals surface area contributed by atoms with E-state index < -0.39 is 0 Å². The predicted molar refractivity (Wildman–Crippen MR) is 111 cm³/mol. The van der Waals surface area contributed by atoms with Crippen molar-refractivity contribution in [2.75, 3.05) is 0 Å². The van der Waals surface area contributed by atoms with Crippen molar-refractivity contribution in [1.82, 2.24) is 34.1 Å². The Hall–Kier alpha value is -3.09. The maximum absolute atomic E-state index is 4.96. The fourth-order valence-electron chi connectivity index (χ4n) is 4.42. The van der Waals surface area contributed by atoms with Crippen molar-refractivity contribution in [3.8, 4) is 11.6 Å².